The average molecular weight is 239 g/mol. The lowest BCUT2D eigenvalue weighted by molar-refractivity contribution is -0.122. The lowest BCUT2D eigenvalue weighted by Crippen LogP contribution is -2.32. The van der Waals surface area contributed by atoms with Gasteiger partial charge >= 0.3 is 0 Å². The number of hydrogen-bond donors (Lipinski definition) is 2. The standard InChI is InChI=1S/C10H13N3O2S/c11-9(15)6-1-2-8(14)13-5-7(6)10-12-3-4-16-10/h3-4,6-7H,1-2,5H2,(H2,11,15)(H,13,14). The van der Waals surface area contributed by atoms with Gasteiger partial charge in [0.15, 0.2) is 0 Å². The second-order valence-electron chi connectivity index (χ2n) is 3.83. The number of carbonyl (C=O) groups excluding carboxylic acids is 2. The van der Waals surface area contributed by atoms with Crippen LogP contribution in [0.5, 0.6) is 0 Å². The van der Waals surface area contributed by atoms with E-state index in [9.17, 15) is 9.59 Å². The van der Waals surface area contributed by atoms with E-state index in [1.54, 1.807) is 6.20 Å². The van der Waals surface area contributed by atoms with Crippen LogP contribution in [0.1, 0.15) is 23.8 Å². The Balaban J connectivity index is 2.24. The van der Waals surface area contributed by atoms with Gasteiger partial charge in [0.1, 0.15) is 0 Å². The van der Waals surface area contributed by atoms with Gasteiger partial charge in [-0.15, -0.1) is 11.3 Å². The molecule has 0 bridgehead atoms. The van der Waals surface area contributed by atoms with E-state index in [1.165, 1.54) is 11.3 Å². The highest BCUT2D eigenvalue weighted by Gasteiger charge is 2.32. The third kappa shape index (κ3) is 2.21. The smallest absolute Gasteiger partial charge is 0.221 e. The van der Waals surface area contributed by atoms with E-state index < -0.39 is 0 Å². The molecular formula is C10H13N3O2S. The summed E-state index contributed by atoms with van der Waals surface area (Å²) >= 11 is 1.49. The van der Waals surface area contributed by atoms with Crippen molar-refractivity contribution in [2.75, 3.05) is 6.54 Å². The molecule has 0 spiro atoms. The van der Waals surface area contributed by atoms with Crippen molar-refractivity contribution in [1.29, 1.82) is 0 Å². The van der Waals surface area contributed by atoms with Gasteiger partial charge in [-0.2, -0.15) is 0 Å². The number of rotatable bonds is 2. The topological polar surface area (TPSA) is 85.1 Å². The Kier molecular flexibility index (Phi) is 3.19. The maximum atomic E-state index is 11.4. The summed E-state index contributed by atoms with van der Waals surface area (Å²) in [6, 6.07) is 0. The Morgan fingerprint density at radius 3 is 3.06 bits per heavy atom. The summed E-state index contributed by atoms with van der Waals surface area (Å²) in [5, 5.41) is 5.52. The molecule has 2 heterocycles. The van der Waals surface area contributed by atoms with Crippen LogP contribution in [0.15, 0.2) is 11.6 Å². The Hall–Kier alpha value is -1.43. The first kappa shape index (κ1) is 11.1. The van der Waals surface area contributed by atoms with Crippen molar-refractivity contribution in [3.8, 4) is 0 Å². The monoisotopic (exact) mass is 239 g/mol. The predicted octanol–water partition coefficient (Wildman–Crippen LogP) is 0.238. The van der Waals surface area contributed by atoms with Crippen molar-refractivity contribution in [2.45, 2.75) is 18.8 Å². The summed E-state index contributed by atoms with van der Waals surface area (Å²) in [4.78, 5) is 26.9. The van der Waals surface area contributed by atoms with Crippen LogP contribution in [0.2, 0.25) is 0 Å². The Labute approximate surface area is 97.1 Å². The summed E-state index contributed by atoms with van der Waals surface area (Å²) in [5.74, 6) is -0.754. The van der Waals surface area contributed by atoms with Gasteiger partial charge in [-0.3, -0.25) is 9.59 Å². The molecule has 1 saturated heterocycles. The number of carbonyl (C=O) groups is 2. The minimum Gasteiger partial charge on any atom is -0.369 e. The molecule has 16 heavy (non-hydrogen) atoms. The maximum absolute atomic E-state index is 11.4. The third-order valence-electron chi connectivity index (χ3n) is 2.82. The fraction of sp³-hybridized carbons (Fsp3) is 0.500. The first-order valence-corrected chi connectivity index (χ1v) is 6.02. The van der Waals surface area contributed by atoms with Crippen LogP contribution in [0, 0.1) is 5.92 Å². The van der Waals surface area contributed by atoms with Gasteiger partial charge in [0.25, 0.3) is 0 Å². The third-order valence-corrected chi connectivity index (χ3v) is 3.73. The molecule has 1 aromatic rings. The first-order valence-electron chi connectivity index (χ1n) is 5.14. The summed E-state index contributed by atoms with van der Waals surface area (Å²) in [5.41, 5.74) is 5.38. The Bertz CT molecular complexity index is 391. The van der Waals surface area contributed by atoms with Gasteiger partial charge in [-0.1, -0.05) is 0 Å². The largest absolute Gasteiger partial charge is 0.369 e. The molecule has 0 radical (unpaired) electrons. The molecule has 1 fully saturated rings. The molecule has 2 unspecified atom stereocenters. The molecule has 0 aromatic carbocycles. The SMILES string of the molecule is NC(=O)C1CCC(=O)NCC1c1nccs1. The zero-order valence-electron chi connectivity index (χ0n) is 8.68. The van der Waals surface area contributed by atoms with Crippen LogP contribution in [-0.4, -0.2) is 23.3 Å². The zero-order chi connectivity index (χ0) is 11.5. The van der Waals surface area contributed by atoms with Crippen molar-refractivity contribution in [3.05, 3.63) is 16.6 Å². The minimum absolute atomic E-state index is 0.0229. The highest BCUT2D eigenvalue weighted by molar-refractivity contribution is 7.09. The maximum Gasteiger partial charge on any atom is 0.221 e. The molecule has 3 N–H and O–H groups in total. The number of nitrogens with one attached hydrogen (secondary N) is 1. The molecule has 1 aliphatic rings. The Morgan fingerprint density at radius 2 is 2.44 bits per heavy atom. The molecule has 86 valence electrons. The predicted molar refractivity (Wildman–Crippen MR) is 59.8 cm³/mol. The van der Waals surface area contributed by atoms with E-state index in [-0.39, 0.29) is 23.7 Å². The molecule has 0 aliphatic carbocycles. The first-order chi connectivity index (χ1) is 7.68. The van der Waals surface area contributed by atoms with Crippen LogP contribution in [0.3, 0.4) is 0 Å². The van der Waals surface area contributed by atoms with Gasteiger partial charge in [-0.25, -0.2) is 4.98 Å². The molecule has 6 heteroatoms. The molecule has 0 saturated carbocycles. The van der Waals surface area contributed by atoms with Crippen LogP contribution in [-0.2, 0) is 9.59 Å². The molecular weight excluding hydrogens is 226 g/mol. The molecule has 2 amide bonds. The number of amides is 2. The van der Waals surface area contributed by atoms with Crippen molar-refractivity contribution in [3.63, 3.8) is 0 Å². The number of aromatic nitrogens is 1. The van der Waals surface area contributed by atoms with Gasteiger partial charge in [0, 0.05) is 36.4 Å². The van der Waals surface area contributed by atoms with Crippen LogP contribution >= 0.6 is 11.3 Å². The number of nitrogens with zero attached hydrogens (tertiary/aromatic N) is 1. The summed E-state index contributed by atoms with van der Waals surface area (Å²) in [6.07, 6.45) is 2.56. The minimum atomic E-state index is -0.350. The van der Waals surface area contributed by atoms with E-state index >= 15 is 0 Å². The van der Waals surface area contributed by atoms with Gasteiger partial charge in [0.2, 0.25) is 11.8 Å². The number of thiazole rings is 1. The number of nitrogens with two attached hydrogens (primary N) is 1. The Morgan fingerprint density at radius 1 is 1.62 bits per heavy atom. The van der Waals surface area contributed by atoms with Gasteiger partial charge in [0.05, 0.1) is 5.01 Å². The second-order valence-corrected chi connectivity index (χ2v) is 4.75. The normalized spacial score (nSPS) is 25.9. The van der Waals surface area contributed by atoms with E-state index in [0.29, 0.717) is 19.4 Å². The number of primary amides is 1. The summed E-state index contributed by atoms with van der Waals surface area (Å²) in [6.45, 7) is 0.444. The fourth-order valence-electron chi connectivity index (χ4n) is 1.96. The molecule has 5 nitrogen and oxygen atoms in total. The van der Waals surface area contributed by atoms with E-state index in [4.69, 9.17) is 5.73 Å². The molecule has 1 aliphatic heterocycles. The summed E-state index contributed by atoms with van der Waals surface area (Å²) < 4.78 is 0. The highest BCUT2D eigenvalue weighted by atomic mass is 32.1. The van der Waals surface area contributed by atoms with Gasteiger partial charge in [-0.05, 0) is 6.42 Å². The zero-order valence-corrected chi connectivity index (χ0v) is 9.50. The van der Waals surface area contributed by atoms with Crippen LogP contribution in [0.4, 0.5) is 0 Å². The van der Waals surface area contributed by atoms with E-state index in [2.05, 4.69) is 10.3 Å². The fourth-order valence-corrected chi connectivity index (χ4v) is 2.77. The van der Waals surface area contributed by atoms with E-state index in [1.807, 2.05) is 5.38 Å². The second kappa shape index (κ2) is 4.61. The average Bonchev–Trinajstić information content (AvgIpc) is 2.68. The number of hydrogen-bond acceptors (Lipinski definition) is 4. The molecule has 1 aromatic heterocycles. The quantitative estimate of drug-likeness (QED) is 0.775. The van der Waals surface area contributed by atoms with Crippen LogP contribution in [0.25, 0.3) is 0 Å². The molecule has 2 atom stereocenters. The summed E-state index contributed by atoms with van der Waals surface area (Å²) in [7, 11) is 0. The van der Waals surface area contributed by atoms with Gasteiger partial charge < -0.3 is 11.1 Å². The van der Waals surface area contributed by atoms with Crippen molar-refractivity contribution >= 4 is 23.2 Å². The van der Waals surface area contributed by atoms with Crippen LogP contribution < -0.4 is 11.1 Å². The van der Waals surface area contributed by atoms with Crippen molar-refractivity contribution in [1.82, 2.24) is 10.3 Å². The van der Waals surface area contributed by atoms with Crippen molar-refractivity contribution in [2.24, 2.45) is 11.7 Å². The van der Waals surface area contributed by atoms with E-state index in [0.717, 1.165) is 5.01 Å². The lowest BCUT2D eigenvalue weighted by Gasteiger charge is -2.19. The van der Waals surface area contributed by atoms with Crippen molar-refractivity contribution < 1.29 is 9.59 Å². The molecule has 2 rings (SSSR count). The lowest BCUT2D eigenvalue weighted by atomic mass is 9.89. The highest BCUT2D eigenvalue weighted by Crippen LogP contribution is 2.30.